The standard InChI is InChI=1S/C16H15F2N5O5/c17-8-1-2-13(10(18)5-8)23-7-12(20-21-23)14(24)19-11-3-4-22(16(27)28)6-9(11)15(25)26/h1-2,5,7,9,11H,3-4,6H2,(H,19,24)(H,25,26)(H,27,28)/t9-,11-/m0/s1. The first-order valence-electron chi connectivity index (χ1n) is 8.15. The van der Waals surface area contributed by atoms with Crippen LogP contribution in [0.25, 0.3) is 5.69 Å². The van der Waals surface area contributed by atoms with E-state index >= 15 is 0 Å². The largest absolute Gasteiger partial charge is 0.481 e. The zero-order valence-electron chi connectivity index (χ0n) is 14.2. The first kappa shape index (κ1) is 19.2. The predicted molar refractivity (Wildman–Crippen MR) is 87.9 cm³/mol. The van der Waals surface area contributed by atoms with Crippen LogP contribution in [0.1, 0.15) is 16.9 Å². The summed E-state index contributed by atoms with van der Waals surface area (Å²) in [5.41, 5.74) is -0.320. The summed E-state index contributed by atoms with van der Waals surface area (Å²) in [7, 11) is 0. The normalized spacial score (nSPS) is 19.3. The minimum Gasteiger partial charge on any atom is -0.481 e. The molecule has 2 aromatic rings. The molecule has 1 aromatic carbocycles. The van der Waals surface area contributed by atoms with Gasteiger partial charge in [0, 0.05) is 25.2 Å². The van der Waals surface area contributed by atoms with Gasteiger partial charge in [0.1, 0.15) is 11.5 Å². The van der Waals surface area contributed by atoms with Crippen LogP contribution in [0, 0.1) is 17.6 Å². The molecule has 148 valence electrons. The second-order valence-corrected chi connectivity index (χ2v) is 6.19. The van der Waals surface area contributed by atoms with Gasteiger partial charge in [-0.1, -0.05) is 5.21 Å². The lowest BCUT2D eigenvalue weighted by Crippen LogP contribution is -2.54. The van der Waals surface area contributed by atoms with Crippen LogP contribution < -0.4 is 5.32 Å². The van der Waals surface area contributed by atoms with E-state index in [1.807, 2.05) is 0 Å². The minimum absolute atomic E-state index is 0.0670. The smallest absolute Gasteiger partial charge is 0.407 e. The third-order valence-corrected chi connectivity index (χ3v) is 4.40. The molecule has 2 atom stereocenters. The third kappa shape index (κ3) is 3.89. The van der Waals surface area contributed by atoms with E-state index < -0.39 is 41.6 Å². The average Bonchev–Trinajstić information content (AvgIpc) is 3.11. The lowest BCUT2D eigenvalue weighted by atomic mass is 9.92. The Labute approximate surface area is 156 Å². The highest BCUT2D eigenvalue weighted by Gasteiger charge is 2.37. The molecule has 0 radical (unpaired) electrons. The molecule has 0 bridgehead atoms. The van der Waals surface area contributed by atoms with E-state index in [4.69, 9.17) is 5.11 Å². The fourth-order valence-electron chi connectivity index (χ4n) is 2.94. The molecule has 1 aliphatic heterocycles. The summed E-state index contributed by atoms with van der Waals surface area (Å²) in [6.45, 7) is -0.194. The Balaban J connectivity index is 1.73. The number of amides is 2. The van der Waals surface area contributed by atoms with Crippen molar-refractivity contribution in [2.24, 2.45) is 5.92 Å². The number of likely N-dealkylation sites (tertiary alicyclic amines) is 1. The number of carboxylic acid groups (broad SMARTS) is 2. The van der Waals surface area contributed by atoms with Crippen LogP contribution in [0.4, 0.5) is 13.6 Å². The molecule has 1 fully saturated rings. The number of hydrogen-bond donors (Lipinski definition) is 3. The molecular formula is C16H15F2N5O5. The molecule has 0 unspecified atom stereocenters. The van der Waals surface area contributed by atoms with E-state index in [0.717, 1.165) is 27.9 Å². The summed E-state index contributed by atoms with van der Waals surface area (Å²) < 4.78 is 27.8. The van der Waals surface area contributed by atoms with Crippen LogP contribution >= 0.6 is 0 Å². The highest BCUT2D eigenvalue weighted by Crippen LogP contribution is 2.19. The topological polar surface area (TPSA) is 138 Å². The summed E-state index contributed by atoms with van der Waals surface area (Å²) in [6, 6.07) is 1.99. The number of hydrogen-bond acceptors (Lipinski definition) is 5. The van der Waals surface area contributed by atoms with Gasteiger partial charge in [-0.05, 0) is 18.6 Å². The van der Waals surface area contributed by atoms with Gasteiger partial charge in [-0.15, -0.1) is 5.10 Å². The highest BCUT2D eigenvalue weighted by molar-refractivity contribution is 5.92. The maximum absolute atomic E-state index is 13.8. The maximum Gasteiger partial charge on any atom is 0.407 e. The van der Waals surface area contributed by atoms with Gasteiger partial charge in [-0.3, -0.25) is 9.59 Å². The summed E-state index contributed by atoms with van der Waals surface area (Å²) >= 11 is 0. The van der Waals surface area contributed by atoms with E-state index in [0.29, 0.717) is 6.07 Å². The fourth-order valence-corrected chi connectivity index (χ4v) is 2.94. The fraction of sp³-hybridized carbons (Fsp3) is 0.312. The number of nitrogens with one attached hydrogen (secondary N) is 1. The molecule has 1 aromatic heterocycles. The Morgan fingerprint density at radius 1 is 1.21 bits per heavy atom. The SMILES string of the molecule is O=C(N[C@H]1CCN(C(=O)O)C[C@@H]1C(=O)O)c1cn(-c2ccc(F)cc2F)nn1. The lowest BCUT2D eigenvalue weighted by Gasteiger charge is -2.35. The summed E-state index contributed by atoms with van der Waals surface area (Å²) in [5.74, 6) is -4.78. The quantitative estimate of drug-likeness (QED) is 0.694. The zero-order chi connectivity index (χ0) is 20.4. The Bertz CT molecular complexity index is 934. The molecule has 1 aliphatic rings. The van der Waals surface area contributed by atoms with Gasteiger partial charge in [0.05, 0.1) is 12.1 Å². The molecule has 3 rings (SSSR count). The molecular weight excluding hydrogens is 380 g/mol. The number of aliphatic carboxylic acids is 1. The van der Waals surface area contributed by atoms with Gasteiger partial charge in [-0.25, -0.2) is 18.3 Å². The molecule has 10 nitrogen and oxygen atoms in total. The van der Waals surface area contributed by atoms with Crippen molar-refractivity contribution in [3.05, 3.63) is 41.7 Å². The molecule has 3 N–H and O–H groups in total. The molecule has 2 heterocycles. The van der Waals surface area contributed by atoms with Crippen molar-refractivity contribution in [2.75, 3.05) is 13.1 Å². The number of carboxylic acids is 1. The summed E-state index contributed by atoms with van der Waals surface area (Å²) in [4.78, 5) is 35.8. The van der Waals surface area contributed by atoms with Gasteiger partial charge in [-0.2, -0.15) is 0 Å². The van der Waals surface area contributed by atoms with Crippen molar-refractivity contribution in [3.8, 4) is 5.69 Å². The molecule has 0 aliphatic carbocycles. The monoisotopic (exact) mass is 395 g/mol. The van der Waals surface area contributed by atoms with Gasteiger partial charge in [0.15, 0.2) is 11.5 Å². The second kappa shape index (κ2) is 7.58. The molecule has 1 saturated heterocycles. The number of piperidine rings is 1. The van der Waals surface area contributed by atoms with Crippen molar-refractivity contribution in [3.63, 3.8) is 0 Å². The third-order valence-electron chi connectivity index (χ3n) is 4.40. The Morgan fingerprint density at radius 2 is 1.96 bits per heavy atom. The Morgan fingerprint density at radius 3 is 2.61 bits per heavy atom. The van der Waals surface area contributed by atoms with Gasteiger partial charge >= 0.3 is 12.1 Å². The van der Waals surface area contributed by atoms with Crippen molar-refractivity contribution in [1.82, 2.24) is 25.2 Å². The molecule has 0 spiro atoms. The number of halogens is 2. The van der Waals surface area contributed by atoms with Crippen LogP contribution in [-0.4, -0.2) is 67.2 Å². The maximum atomic E-state index is 13.8. The second-order valence-electron chi connectivity index (χ2n) is 6.19. The van der Waals surface area contributed by atoms with Crippen LogP contribution in [0.15, 0.2) is 24.4 Å². The van der Waals surface area contributed by atoms with Crippen molar-refractivity contribution >= 4 is 18.0 Å². The zero-order valence-corrected chi connectivity index (χ0v) is 14.2. The number of carbonyl (C=O) groups is 3. The Kier molecular flexibility index (Phi) is 5.20. The average molecular weight is 395 g/mol. The summed E-state index contributed by atoms with van der Waals surface area (Å²) in [5, 5.41) is 28.1. The van der Waals surface area contributed by atoms with Crippen molar-refractivity contribution in [1.29, 1.82) is 0 Å². The number of nitrogens with zero attached hydrogens (tertiary/aromatic N) is 4. The molecule has 28 heavy (non-hydrogen) atoms. The minimum atomic E-state index is -1.24. The molecule has 0 saturated carbocycles. The van der Waals surface area contributed by atoms with Gasteiger partial charge in [0.25, 0.3) is 5.91 Å². The van der Waals surface area contributed by atoms with Gasteiger partial charge in [0.2, 0.25) is 0 Å². The van der Waals surface area contributed by atoms with E-state index in [1.165, 1.54) is 0 Å². The van der Waals surface area contributed by atoms with Crippen LogP contribution in [0.3, 0.4) is 0 Å². The van der Waals surface area contributed by atoms with Gasteiger partial charge < -0.3 is 20.4 Å². The molecule has 2 amide bonds. The summed E-state index contributed by atoms with van der Waals surface area (Å²) in [6.07, 6.45) is -0.0101. The van der Waals surface area contributed by atoms with E-state index in [9.17, 15) is 28.3 Å². The number of benzene rings is 1. The predicted octanol–water partition coefficient (Wildman–Crippen LogP) is 0.728. The first-order chi connectivity index (χ1) is 13.3. The van der Waals surface area contributed by atoms with Crippen LogP contribution in [0.2, 0.25) is 0 Å². The van der Waals surface area contributed by atoms with E-state index in [2.05, 4.69) is 15.6 Å². The number of rotatable bonds is 4. The number of aromatic nitrogens is 3. The number of carbonyl (C=O) groups excluding carboxylic acids is 1. The van der Waals surface area contributed by atoms with Crippen LogP contribution in [-0.2, 0) is 4.79 Å². The first-order valence-corrected chi connectivity index (χ1v) is 8.15. The van der Waals surface area contributed by atoms with Crippen molar-refractivity contribution < 1.29 is 33.4 Å². The van der Waals surface area contributed by atoms with Crippen molar-refractivity contribution in [2.45, 2.75) is 12.5 Å². The van der Waals surface area contributed by atoms with E-state index in [-0.39, 0.29) is 30.9 Å². The van der Waals surface area contributed by atoms with E-state index in [1.54, 1.807) is 0 Å². The van der Waals surface area contributed by atoms with Crippen LogP contribution in [0.5, 0.6) is 0 Å². The Hall–Kier alpha value is -3.57. The highest BCUT2D eigenvalue weighted by atomic mass is 19.1. The lowest BCUT2D eigenvalue weighted by molar-refractivity contribution is -0.144. The molecule has 12 heteroatoms.